The number of hydrogen-bond donors (Lipinski definition) is 1. The number of aryl methyl sites for hydroxylation is 2. The number of halogens is 1. The van der Waals surface area contributed by atoms with E-state index in [0.717, 1.165) is 23.6 Å². The normalized spacial score (nSPS) is 10.4. The lowest BCUT2D eigenvalue weighted by Crippen LogP contribution is -2.01. The van der Waals surface area contributed by atoms with Crippen molar-refractivity contribution in [2.24, 2.45) is 0 Å². The summed E-state index contributed by atoms with van der Waals surface area (Å²) in [5, 5.41) is 3.40. The number of nitrogens with one attached hydrogen (secondary N) is 1. The summed E-state index contributed by atoms with van der Waals surface area (Å²) >= 11 is 5.21. The SMILES string of the molecule is Cc1ccc(NCc2ccc(Br)s2)c(C)n1. The van der Waals surface area contributed by atoms with Gasteiger partial charge in [0.25, 0.3) is 0 Å². The zero-order valence-corrected chi connectivity index (χ0v) is 11.7. The zero-order chi connectivity index (χ0) is 11.5. The Labute approximate surface area is 108 Å². The Kier molecular flexibility index (Phi) is 3.61. The Morgan fingerprint density at radius 3 is 2.69 bits per heavy atom. The first-order valence-corrected chi connectivity index (χ1v) is 6.68. The lowest BCUT2D eigenvalue weighted by atomic mass is 10.2. The predicted molar refractivity (Wildman–Crippen MR) is 73.1 cm³/mol. The van der Waals surface area contributed by atoms with Gasteiger partial charge in [0.1, 0.15) is 0 Å². The van der Waals surface area contributed by atoms with Gasteiger partial charge in [0, 0.05) is 17.1 Å². The highest BCUT2D eigenvalue weighted by Crippen LogP contribution is 2.23. The predicted octanol–water partition coefficient (Wildman–Crippen LogP) is 4.13. The van der Waals surface area contributed by atoms with E-state index < -0.39 is 0 Å². The molecular formula is C12H13BrN2S. The zero-order valence-electron chi connectivity index (χ0n) is 9.25. The molecule has 0 aliphatic rings. The molecule has 0 saturated heterocycles. The van der Waals surface area contributed by atoms with Crippen LogP contribution in [0.5, 0.6) is 0 Å². The fourth-order valence-corrected chi connectivity index (χ4v) is 2.93. The largest absolute Gasteiger partial charge is 0.379 e. The molecule has 2 aromatic rings. The van der Waals surface area contributed by atoms with Crippen LogP contribution >= 0.6 is 27.3 Å². The highest BCUT2D eigenvalue weighted by Gasteiger charge is 2.01. The van der Waals surface area contributed by atoms with Crippen LogP contribution in [-0.2, 0) is 6.54 Å². The number of nitrogens with zero attached hydrogens (tertiary/aromatic N) is 1. The highest BCUT2D eigenvalue weighted by atomic mass is 79.9. The highest BCUT2D eigenvalue weighted by molar-refractivity contribution is 9.11. The third-order valence-corrected chi connectivity index (χ3v) is 3.93. The number of aromatic nitrogens is 1. The molecule has 2 heterocycles. The minimum absolute atomic E-state index is 0.849. The smallest absolute Gasteiger partial charge is 0.0702 e. The van der Waals surface area contributed by atoms with Crippen LogP contribution in [0.4, 0.5) is 5.69 Å². The van der Waals surface area contributed by atoms with Crippen molar-refractivity contribution in [3.05, 3.63) is 44.3 Å². The maximum absolute atomic E-state index is 4.42. The molecule has 2 rings (SSSR count). The van der Waals surface area contributed by atoms with Gasteiger partial charge in [-0.05, 0) is 54.0 Å². The van der Waals surface area contributed by atoms with Crippen molar-refractivity contribution in [3.8, 4) is 0 Å². The van der Waals surface area contributed by atoms with E-state index in [4.69, 9.17) is 0 Å². The van der Waals surface area contributed by atoms with Crippen molar-refractivity contribution in [1.29, 1.82) is 0 Å². The molecule has 0 amide bonds. The van der Waals surface area contributed by atoms with E-state index in [1.807, 2.05) is 19.9 Å². The topological polar surface area (TPSA) is 24.9 Å². The average molecular weight is 297 g/mol. The van der Waals surface area contributed by atoms with Gasteiger partial charge in [-0.2, -0.15) is 0 Å². The molecule has 2 nitrogen and oxygen atoms in total. The lowest BCUT2D eigenvalue weighted by Gasteiger charge is -2.08. The quantitative estimate of drug-likeness (QED) is 0.921. The minimum atomic E-state index is 0.849. The molecule has 0 fully saturated rings. The second-order valence-electron chi connectivity index (χ2n) is 3.64. The summed E-state index contributed by atoms with van der Waals surface area (Å²) < 4.78 is 1.17. The van der Waals surface area contributed by atoms with Gasteiger partial charge in [-0.15, -0.1) is 11.3 Å². The van der Waals surface area contributed by atoms with E-state index >= 15 is 0 Å². The van der Waals surface area contributed by atoms with Crippen LogP contribution in [-0.4, -0.2) is 4.98 Å². The summed E-state index contributed by atoms with van der Waals surface area (Å²) in [6.07, 6.45) is 0. The van der Waals surface area contributed by atoms with Crippen molar-refractivity contribution < 1.29 is 0 Å². The monoisotopic (exact) mass is 296 g/mol. The number of anilines is 1. The second-order valence-corrected chi connectivity index (χ2v) is 6.19. The van der Waals surface area contributed by atoms with Gasteiger partial charge in [0.05, 0.1) is 15.2 Å². The summed E-state index contributed by atoms with van der Waals surface area (Å²) in [4.78, 5) is 5.73. The molecule has 0 aliphatic heterocycles. The first kappa shape index (κ1) is 11.6. The number of thiophene rings is 1. The van der Waals surface area contributed by atoms with Crippen molar-refractivity contribution in [2.75, 3.05) is 5.32 Å². The summed E-state index contributed by atoms with van der Waals surface area (Å²) in [5.41, 5.74) is 3.22. The number of hydrogen-bond acceptors (Lipinski definition) is 3. The first-order valence-electron chi connectivity index (χ1n) is 5.07. The maximum atomic E-state index is 4.42. The van der Waals surface area contributed by atoms with Crippen LogP contribution < -0.4 is 5.32 Å². The fourth-order valence-electron chi connectivity index (χ4n) is 1.50. The molecule has 0 unspecified atom stereocenters. The van der Waals surface area contributed by atoms with E-state index in [-0.39, 0.29) is 0 Å². The van der Waals surface area contributed by atoms with Crippen molar-refractivity contribution >= 4 is 33.0 Å². The van der Waals surface area contributed by atoms with Crippen molar-refractivity contribution in [3.63, 3.8) is 0 Å². The molecular weight excluding hydrogens is 284 g/mol. The standard InChI is InChI=1S/C12H13BrN2S/c1-8-3-5-11(9(2)15-8)14-7-10-4-6-12(13)16-10/h3-6,14H,7H2,1-2H3. The third kappa shape index (κ3) is 2.83. The Morgan fingerprint density at radius 1 is 1.25 bits per heavy atom. The van der Waals surface area contributed by atoms with E-state index in [0.29, 0.717) is 0 Å². The van der Waals surface area contributed by atoms with Crippen LogP contribution in [0.25, 0.3) is 0 Å². The molecule has 0 bridgehead atoms. The summed E-state index contributed by atoms with van der Waals surface area (Å²) in [7, 11) is 0. The Balaban J connectivity index is 2.04. The van der Waals surface area contributed by atoms with Crippen LogP contribution in [0.3, 0.4) is 0 Å². The maximum Gasteiger partial charge on any atom is 0.0702 e. The molecule has 4 heteroatoms. The lowest BCUT2D eigenvalue weighted by molar-refractivity contribution is 1.09. The van der Waals surface area contributed by atoms with Gasteiger partial charge in [-0.1, -0.05) is 0 Å². The van der Waals surface area contributed by atoms with Gasteiger partial charge in [-0.3, -0.25) is 4.98 Å². The molecule has 16 heavy (non-hydrogen) atoms. The Morgan fingerprint density at radius 2 is 2.06 bits per heavy atom. The molecule has 0 aliphatic carbocycles. The third-order valence-electron chi connectivity index (χ3n) is 2.31. The summed E-state index contributed by atoms with van der Waals surface area (Å²) in [6, 6.07) is 8.31. The molecule has 0 saturated carbocycles. The molecule has 0 spiro atoms. The molecule has 0 aromatic carbocycles. The van der Waals surface area contributed by atoms with Crippen molar-refractivity contribution in [1.82, 2.24) is 4.98 Å². The van der Waals surface area contributed by atoms with Gasteiger partial charge < -0.3 is 5.32 Å². The number of pyridine rings is 1. The van der Waals surface area contributed by atoms with Crippen LogP contribution in [0.1, 0.15) is 16.3 Å². The Bertz CT molecular complexity index is 494. The minimum Gasteiger partial charge on any atom is -0.379 e. The molecule has 2 aromatic heterocycles. The molecule has 1 N–H and O–H groups in total. The van der Waals surface area contributed by atoms with Crippen LogP contribution in [0, 0.1) is 13.8 Å². The fraction of sp³-hybridized carbons (Fsp3) is 0.250. The molecule has 0 radical (unpaired) electrons. The summed E-state index contributed by atoms with van der Waals surface area (Å²) in [6.45, 7) is 4.88. The molecule has 0 atom stereocenters. The van der Waals surface area contributed by atoms with Gasteiger partial charge in [0.2, 0.25) is 0 Å². The van der Waals surface area contributed by atoms with E-state index in [9.17, 15) is 0 Å². The average Bonchev–Trinajstić information content (AvgIpc) is 2.63. The van der Waals surface area contributed by atoms with Crippen LogP contribution in [0.15, 0.2) is 28.1 Å². The van der Waals surface area contributed by atoms with E-state index in [1.165, 1.54) is 8.66 Å². The second kappa shape index (κ2) is 4.97. The molecule has 84 valence electrons. The van der Waals surface area contributed by atoms with Crippen LogP contribution in [0.2, 0.25) is 0 Å². The van der Waals surface area contributed by atoms with Gasteiger partial charge in [-0.25, -0.2) is 0 Å². The summed E-state index contributed by atoms with van der Waals surface area (Å²) in [5.74, 6) is 0. The number of rotatable bonds is 3. The van der Waals surface area contributed by atoms with E-state index in [2.05, 4.69) is 44.4 Å². The van der Waals surface area contributed by atoms with Gasteiger partial charge in [0.15, 0.2) is 0 Å². The Hall–Kier alpha value is -0.870. The van der Waals surface area contributed by atoms with Gasteiger partial charge >= 0.3 is 0 Å². The van der Waals surface area contributed by atoms with E-state index in [1.54, 1.807) is 11.3 Å². The van der Waals surface area contributed by atoms with Crippen molar-refractivity contribution in [2.45, 2.75) is 20.4 Å². The first-order chi connectivity index (χ1) is 7.65.